The zero-order chi connectivity index (χ0) is 55.0. The highest BCUT2D eigenvalue weighted by molar-refractivity contribution is 5.76. The highest BCUT2D eigenvalue weighted by atomic mass is 16.5. The van der Waals surface area contributed by atoms with Crippen LogP contribution in [0.4, 0.5) is 0 Å². The molecule has 0 bridgehead atoms. The number of aliphatic hydroxyl groups excluding tert-OH is 2. The lowest BCUT2D eigenvalue weighted by Gasteiger charge is -2.20. The maximum absolute atomic E-state index is 12.5. The van der Waals surface area contributed by atoms with Crippen molar-refractivity contribution in [2.24, 2.45) is 0 Å². The van der Waals surface area contributed by atoms with Gasteiger partial charge in [0.15, 0.2) is 0 Å². The van der Waals surface area contributed by atoms with Gasteiger partial charge in [-0.3, -0.25) is 9.59 Å². The van der Waals surface area contributed by atoms with Gasteiger partial charge in [0.25, 0.3) is 0 Å². The van der Waals surface area contributed by atoms with Crippen molar-refractivity contribution in [1.29, 1.82) is 0 Å². The number of unbranched alkanes of at least 4 members (excludes halogenated alkanes) is 55. The van der Waals surface area contributed by atoms with E-state index in [0.29, 0.717) is 19.4 Å². The first-order valence-corrected chi connectivity index (χ1v) is 35.0. The molecule has 0 aliphatic heterocycles. The maximum atomic E-state index is 12.5. The molecule has 3 N–H and O–H groups in total. The van der Waals surface area contributed by atoms with Gasteiger partial charge < -0.3 is 20.3 Å². The number of hydrogen-bond acceptors (Lipinski definition) is 5. The van der Waals surface area contributed by atoms with E-state index in [2.05, 4.69) is 19.2 Å². The molecule has 0 aliphatic rings. The molecule has 1 amide bonds. The summed E-state index contributed by atoms with van der Waals surface area (Å²) < 4.78 is 5.50. The van der Waals surface area contributed by atoms with E-state index in [1.807, 2.05) is 6.08 Å². The monoisotopic (exact) mass is 1070 g/mol. The molecule has 6 heteroatoms. The summed E-state index contributed by atoms with van der Waals surface area (Å²) in [7, 11) is 0. The van der Waals surface area contributed by atoms with Crippen LogP contribution >= 0.6 is 0 Å². The Bertz CT molecular complexity index is 1140. The van der Waals surface area contributed by atoms with Crippen LogP contribution in [0.2, 0.25) is 0 Å². The second-order valence-electron chi connectivity index (χ2n) is 24.2. The molecule has 0 aliphatic carbocycles. The van der Waals surface area contributed by atoms with Crippen molar-refractivity contribution in [1.82, 2.24) is 5.32 Å². The van der Waals surface area contributed by atoms with Crippen LogP contribution in [0.3, 0.4) is 0 Å². The van der Waals surface area contributed by atoms with Crippen LogP contribution in [-0.2, 0) is 14.3 Å². The highest BCUT2D eigenvalue weighted by Crippen LogP contribution is 2.19. The first-order valence-electron chi connectivity index (χ1n) is 35.0. The van der Waals surface area contributed by atoms with Crippen molar-refractivity contribution < 1.29 is 24.5 Å². The van der Waals surface area contributed by atoms with Gasteiger partial charge in [-0.2, -0.15) is 0 Å². The van der Waals surface area contributed by atoms with Crippen LogP contribution in [0.1, 0.15) is 399 Å². The fourth-order valence-corrected chi connectivity index (χ4v) is 11.2. The van der Waals surface area contributed by atoms with E-state index < -0.39 is 12.1 Å². The summed E-state index contributed by atoms with van der Waals surface area (Å²) in [5.41, 5.74) is 0. The van der Waals surface area contributed by atoms with Gasteiger partial charge in [-0.25, -0.2) is 0 Å². The average molecular weight is 1070 g/mol. The van der Waals surface area contributed by atoms with Crippen molar-refractivity contribution in [3.63, 3.8) is 0 Å². The Kier molecular flexibility index (Phi) is 64.9. The van der Waals surface area contributed by atoms with E-state index in [9.17, 15) is 19.8 Å². The molecule has 2 unspecified atom stereocenters. The van der Waals surface area contributed by atoms with Crippen LogP contribution in [0.5, 0.6) is 0 Å². The Morgan fingerprint density at radius 1 is 0.355 bits per heavy atom. The van der Waals surface area contributed by atoms with Crippen LogP contribution in [0, 0.1) is 0 Å². The van der Waals surface area contributed by atoms with Gasteiger partial charge in [0.1, 0.15) is 0 Å². The second-order valence-corrected chi connectivity index (χ2v) is 24.2. The molecular formula is C70H137NO5. The van der Waals surface area contributed by atoms with Crippen LogP contribution < -0.4 is 5.32 Å². The van der Waals surface area contributed by atoms with E-state index >= 15 is 0 Å². The molecule has 0 aromatic heterocycles. The van der Waals surface area contributed by atoms with E-state index in [-0.39, 0.29) is 18.5 Å². The van der Waals surface area contributed by atoms with Crippen LogP contribution in [0.15, 0.2) is 12.2 Å². The summed E-state index contributed by atoms with van der Waals surface area (Å²) in [4.78, 5) is 24.6. The molecule has 6 nitrogen and oxygen atoms in total. The average Bonchev–Trinajstić information content (AvgIpc) is 3.42. The topological polar surface area (TPSA) is 95.9 Å². The number of carbonyl (C=O) groups is 2. The number of carbonyl (C=O) groups excluding carboxylic acids is 2. The molecule has 0 aromatic carbocycles. The minimum atomic E-state index is -0.841. The number of ether oxygens (including phenoxy) is 1. The lowest BCUT2D eigenvalue weighted by Crippen LogP contribution is -2.45. The Hall–Kier alpha value is -1.40. The Morgan fingerprint density at radius 2 is 0.605 bits per heavy atom. The third kappa shape index (κ3) is 61.8. The summed E-state index contributed by atoms with van der Waals surface area (Å²) in [6.45, 7) is 4.95. The van der Waals surface area contributed by atoms with Crippen molar-refractivity contribution in [3.8, 4) is 0 Å². The first kappa shape index (κ1) is 74.6. The zero-order valence-electron chi connectivity index (χ0n) is 51.8. The number of amides is 1. The van der Waals surface area contributed by atoms with Gasteiger partial charge in [-0.1, -0.05) is 366 Å². The van der Waals surface area contributed by atoms with E-state index in [4.69, 9.17) is 4.74 Å². The molecule has 76 heavy (non-hydrogen) atoms. The minimum Gasteiger partial charge on any atom is -0.466 e. The maximum Gasteiger partial charge on any atom is 0.305 e. The molecule has 0 spiro atoms. The Labute approximate surface area is 476 Å². The predicted octanol–water partition coefficient (Wildman–Crippen LogP) is 22.4. The summed E-state index contributed by atoms with van der Waals surface area (Å²) in [5.74, 6) is -0.0386. The number of aliphatic hydroxyl groups is 2. The van der Waals surface area contributed by atoms with Crippen LogP contribution in [0.25, 0.3) is 0 Å². The van der Waals surface area contributed by atoms with E-state index in [1.54, 1.807) is 6.08 Å². The number of hydrogen-bond donors (Lipinski definition) is 3. The van der Waals surface area contributed by atoms with Gasteiger partial charge >= 0.3 is 5.97 Å². The number of esters is 1. The molecule has 0 fully saturated rings. The zero-order valence-corrected chi connectivity index (χ0v) is 51.8. The summed E-state index contributed by atoms with van der Waals surface area (Å²) in [6, 6.07) is -0.624. The summed E-state index contributed by atoms with van der Waals surface area (Å²) >= 11 is 0. The normalized spacial score (nSPS) is 12.5. The van der Waals surface area contributed by atoms with E-state index in [0.717, 1.165) is 38.5 Å². The van der Waals surface area contributed by atoms with Gasteiger partial charge in [0.05, 0.1) is 25.4 Å². The summed E-state index contributed by atoms with van der Waals surface area (Å²) in [5, 5.41) is 23.2. The largest absolute Gasteiger partial charge is 0.466 e. The molecule has 0 saturated heterocycles. The molecule has 0 saturated carbocycles. The van der Waals surface area contributed by atoms with Crippen molar-refractivity contribution >= 4 is 11.9 Å². The fraction of sp³-hybridized carbons (Fsp3) is 0.943. The lowest BCUT2D eigenvalue weighted by atomic mass is 10.0. The molecule has 452 valence electrons. The van der Waals surface area contributed by atoms with Crippen molar-refractivity contribution in [2.45, 2.75) is 411 Å². The molecule has 0 rings (SSSR count). The van der Waals surface area contributed by atoms with Crippen molar-refractivity contribution in [2.75, 3.05) is 13.2 Å². The third-order valence-corrected chi connectivity index (χ3v) is 16.6. The summed E-state index contributed by atoms with van der Waals surface area (Å²) in [6.07, 6.45) is 81.5. The predicted molar refractivity (Wildman–Crippen MR) is 333 cm³/mol. The molecular weight excluding hydrogens is 935 g/mol. The molecule has 2 atom stereocenters. The highest BCUT2D eigenvalue weighted by Gasteiger charge is 2.18. The first-order chi connectivity index (χ1) is 37.5. The molecule has 0 aromatic rings. The van der Waals surface area contributed by atoms with Gasteiger partial charge in [-0.15, -0.1) is 0 Å². The third-order valence-electron chi connectivity index (χ3n) is 16.6. The van der Waals surface area contributed by atoms with Crippen LogP contribution in [-0.4, -0.2) is 47.4 Å². The number of nitrogens with one attached hydrogen (secondary N) is 1. The lowest BCUT2D eigenvalue weighted by molar-refractivity contribution is -0.143. The van der Waals surface area contributed by atoms with Crippen molar-refractivity contribution in [3.05, 3.63) is 12.2 Å². The number of allylic oxidation sites excluding steroid dienone is 1. The standard InChI is InChI=1S/C70H137NO5/c1-3-5-7-9-11-13-15-17-34-38-42-46-50-54-58-62-68(73)67(66-72)71-69(74)63-59-55-51-47-43-39-36-32-30-28-26-24-22-20-19-21-23-25-27-29-31-33-37-41-45-49-53-57-61-65-76-70(75)64-60-56-52-48-44-40-35-18-16-14-12-10-8-6-4-2/h58,62,67-68,72-73H,3-57,59-61,63-66H2,1-2H3,(H,71,74)/b62-58+. The molecule has 0 radical (unpaired) electrons. The van der Waals surface area contributed by atoms with Gasteiger partial charge in [-0.05, 0) is 32.1 Å². The minimum absolute atomic E-state index is 0.0229. The SMILES string of the molecule is CCCCCCCCCCCCCCC/C=C/C(O)C(CO)NC(=O)CCCCCCCCCCCCCCCCCCCCCCCCCCCCCCCOC(=O)CCCCCCCCCCCCCCCCC. The smallest absolute Gasteiger partial charge is 0.305 e. The Morgan fingerprint density at radius 3 is 0.895 bits per heavy atom. The van der Waals surface area contributed by atoms with Gasteiger partial charge in [0, 0.05) is 12.8 Å². The Balaban J connectivity index is 3.33. The second kappa shape index (κ2) is 66.1. The van der Waals surface area contributed by atoms with E-state index in [1.165, 1.54) is 334 Å². The fourth-order valence-electron chi connectivity index (χ4n) is 11.2. The quantitative estimate of drug-likeness (QED) is 0.0320. The number of rotatable bonds is 66. The molecule has 0 heterocycles. The van der Waals surface area contributed by atoms with Gasteiger partial charge in [0.2, 0.25) is 5.91 Å².